The maximum Gasteiger partial charge on any atom is 0.325 e. The van der Waals surface area contributed by atoms with Gasteiger partial charge in [-0.15, -0.1) is 0 Å². The predicted molar refractivity (Wildman–Crippen MR) is 59.2 cm³/mol. The highest BCUT2D eigenvalue weighted by Crippen LogP contribution is 2.43. The molecule has 104 valence electrons. The monoisotopic (exact) mass is 292 g/mol. The zero-order chi connectivity index (χ0) is 14.4. The highest BCUT2D eigenvalue weighted by atomic mass is 32.2. The average Bonchev–Trinajstić information content (AvgIpc) is 2.22. The molecule has 1 aromatic rings. The lowest BCUT2D eigenvalue weighted by Gasteiger charge is -2.40. The number of carboxylic acid groups (broad SMARTS) is 1. The van der Waals surface area contributed by atoms with Gasteiger partial charge in [0.05, 0.1) is 6.10 Å². The van der Waals surface area contributed by atoms with Crippen molar-refractivity contribution in [2.75, 3.05) is 0 Å². The van der Waals surface area contributed by atoms with E-state index in [1.807, 2.05) is 0 Å². The second-order valence-electron chi connectivity index (χ2n) is 4.44. The van der Waals surface area contributed by atoms with Crippen LogP contribution in [0.25, 0.3) is 0 Å². The highest BCUT2D eigenvalue weighted by Gasteiger charge is 2.60. The summed E-state index contributed by atoms with van der Waals surface area (Å²) in [5, 5.41) is 18.2. The largest absolute Gasteiger partial charge is 0.480 e. The number of aliphatic hydroxyl groups excluding tert-OH is 1. The van der Waals surface area contributed by atoms with Crippen molar-refractivity contribution in [2.45, 2.75) is 28.6 Å². The molecule has 0 bridgehead atoms. The first kappa shape index (κ1) is 13.9. The van der Waals surface area contributed by atoms with Crippen LogP contribution in [0.2, 0.25) is 0 Å². The average molecular weight is 292 g/mol. The lowest BCUT2D eigenvalue weighted by atomic mass is 9.81. The van der Waals surface area contributed by atoms with E-state index < -0.39 is 56.0 Å². The summed E-state index contributed by atoms with van der Waals surface area (Å²) >= 11 is 0. The number of sulfone groups is 1. The summed E-state index contributed by atoms with van der Waals surface area (Å²) in [6, 6.07) is 1.80. The summed E-state index contributed by atoms with van der Waals surface area (Å²) in [7, 11) is -4.54. The van der Waals surface area contributed by atoms with Gasteiger partial charge in [0.15, 0.2) is 14.6 Å². The number of halogens is 2. The topological polar surface area (TPSA) is 91.7 Å². The second-order valence-corrected chi connectivity index (χ2v) is 6.67. The molecule has 0 amide bonds. The minimum Gasteiger partial charge on any atom is -0.480 e. The molecule has 0 aliphatic heterocycles. The van der Waals surface area contributed by atoms with Crippen molar-refractivity contribution in [3.63, 3.8) is 0 Å². The fourth-order valence-corrected chi connectivity index (χ4v) is 4.15. The number of carbonyl (C=O) groups is 1. The van der Waals surface area contributed by atoms with Crippen molar-refractivity contribution in [2.24, 2.45) is 0 Å². The summed E-state index contributed by atoms with van der Waals surface area (Å²) in [5.41, 5.74) is 0. The summed E-state index contributed by atoms with van der Waals surface area (Å²) < 4.78 is 48.4. The maximum atomic E-state index is 13.5. The fraction of sp³-hybridized carbons (Fsp3) is 0.364. The highest BCUT2D eigenvalue weighted by molar-refractivity contribution is 7.93. The van der Waals surface area contributed by atoms with Gasteiger partial charge in [-0.05, 0) is 12.1 Å². The lowest BCUT2D eigenvalue weighted by Crippen LogP contribution is -2.58. The molecular weight excluding hydrogens is 282 g/mol. The van der Waals surface area contributed by atoms with Crippen LogP contribution in [0.5, 0.6) is 0 Å². The number of hydrogen-bond donors (Lipinski definition) is 2. The summed E-state index contributed by atoms with van der Waals surface area (Å²) in [6.07, 6.45) is -2.09. The zero-order valence-corrected chi connectivity index (χ0v) is 10.3. The van der Waals surface area contributed by atoms with Crippen LogP contribution >= 0.6 is 0 Å². The number of rotatable bonds is 3. The van der Waals surface area contributed by atoms with Crippen LogP contribution in [0, 0.1) is 11.6 Å². The van der Waals surface area contributed by atoms with Gasteiger partial charge in [-0.3, -0.25) is 4.79 Å². The van der Waals surface area contributed by atoms with Gasteiger partial charge in [-0.25, -0.2) is 17.2 Å². The molecule has 1 fully saturated rings. The predicted octanol–water partition coefficient (Wildman–Crippen LogP) is 0.717. The minimum absolute atomic E-state index is 0.373. The molecule has 0 radical (unpaired) electrons. The van der Waals surface area contributed by atoms with Gasteiger partial charge in [0.2, 0.25) is 0 Å². The lowest BCUT2D eigenvalue weighted by molar-refractivity contribution is -0.146. The minimum atomic E-state index is -4.54. The van der Waals surface area contributed by atoms with Crippen molar-refractivity contribution in [1.29, 1.82) is 0 Å². The molecule has 0 spiro atoms. The summed E-state index contributed by atoms with van der Waals surface area (Å²) in [6.45, 7) is 0. The molecule has 1 aliphatic rings. The molecule has 1 aromatic carbocycles. The van der Waals surface area contributed by atoms with Crippen molar-refractivity contribution in [3.05, 3.63) is 29.8 Å². The van der Waals surface area contributed by atoms with Crippen LogP contribution in [0.3, 0.4) is 0 Å². The van der Waals surface area contributed by atoms with Gasteiger partial charge in [-0.1, -0.05) is 0 Å². The molecule has 19 heavy (non-hydrogen) atoms. The summed E-state index contributed by atoms with van der Waals surface area (Å²) in [5.74, 6) is -3.96. The SMILES string of the molecule is O=C(O)C1(S(=O)(=O)c2ccc(F)cc2F)CC(O)C1. The maximum absolute atomic E-state index is 13.5. The number of carboxylic acids is 1. The first-order chi connectivity index (χ1) is 8.70. The van der Waals surface area contributed by atoms with E-state index >= 15 is 0 Å². The zero-order valence-electron chi connectivity index (χ0n) is 9.51. The van der Waals surface area contributed by atoms with Crippen LogP contribution < -0.4 is 0 Å². The Balaban J connectivity index is 2.56. The molecular formula is C11H10F2O5S. The Hall–Kier alpha value is -1.54. The van der Waals surface area contributed by atoms with E-state index in [1.54, 1.807) is 0 Å². The normalized spacial score (nSPS) is 26.8. The van der Waals surface area contributed by atoms with Crippen molar-refractivity contribution >= 4 is 15.8 Å². The van der Waals surface area contributed by atoms with Crippen LogP contribution in [0.1, 0.15) is 12.8 Å². The smallest absolute Gasteiger partial charge is 0.325 e. The van der Waals surface area contributed by atoms with Gasteiger partial charge in [0.25, 0.3) is 0 Å². The van der Waals surface area contributed by atoms with E-state index in [9.17, 15) is 27.1 Å². The van der Waals surface area contributed by atoms with Gasteiger partial charge < -0.3 is 10.2 Å². The van der Waals surface area contributed by atoms with Crippen LogP contribution in [-0.4, -0.2) is 35.5 Å². The Labute approximate surface area is 107 Å². The van der Waals surface area contributed by atoms with Crippen molar-refractivity contribution in [1.82, 2.24) is 0 Å². The van der Waals surface area contributed by atoms with Gasteiger partial charge >= 0.3 is 5.97 Å². The molecule has 0 aromatic heterocycles. The number of aliphatic carboxylic acids is 1. The van der Waals surface area contributed by atoms with E-state index in [-0.39, 0.29) is 0 Å². The number of benzene rings is 1. The van der Waals surface area contributed by atoms with E-state index in [0.29, 0.717) is 12.1 Å². The molecule has 0 heterocycles. The van der Waals surface area contributed by atoms with Gasteiger partial charge in [-0.2, -0.15) is 0 Å². The second kappa shape index (κ2) is 4.24. The number of aliphatic hydroxyl groups is 1. The molecule has 8 heteroatoms. The Kier molecular flexibility index (Phi) is 3.10. The molecule has 0 unspecified atom stereocenters. The van der Waals surface area contributed by atoms with E-state index in [4.69, 9.17) is 5.11 Å². The molecule has 2 rings (SSSR count). The van der Waals surface area contributed by atoms with Crippen LogP contribution in [0.4, 0.5) is 8.78 Å². The Bertz CT molecular complexity index is 634. The molecule has 0 atom stereocenters. The van der Waals surface area contributed by atoms with Crippen molar-refractivity contribution in [3.8, 4) is 0 Å². The van der Waals surface area contributed by atoms with Crippen LogP contribution in [-0.2, 0) is 14.6 Å². The molecule has 1 aliphatic carbocycles. The van der Waals surface area contributed by atoms with Gasteiger partial charge in [0, 0.05) is 18.9 Å². The van der Waals surface area contributed by atoms with Crippen LogP contribution in [0.15, 0.2) is 23.1 Å². The third-order valence-electron chi connectivity index (χ3n) is 3.22. The fourth-order valence-electron chi connectivity index (χ4n) is 2.11. The Morgan fingerprint density at radius 2 is 1.89 bits per heavy atom. The first-order valence-corrected chi connectivity index (χ1v) is 6.80. The molecule has 0 saturated heterocycles. The van der Waals surface area contributed by atoms with E-state index in [0.717, 1.165) is 6.07 Å². The molecule has 2 N–H and O–H groups in total. The third-order valence-corrected chi connectivity index (χ3v) is 5.67. The number of hydrogen-bond acceptors (Lipinski definition) is 4. The van der Waals surface area contributed by atoms with Crippen molar-refractivity contribution < 1.29 is 32.2 Å². The van der Waals surface area contributed by atoms with Gasteiger partial charge in [0.1, 0.15) is 16.5 Å². The standard InChI is InChI=1S/C11H10F2O5S/c12-6-1-2-9(8(13)3-6)19(17,18)11(10(15)16)4-7(14)5-11/h1-3,7,14H,4-5H2,(H,15,16). The quantitative estimate of drug-likeness (QED) is 0.801. The van der Waals surface area contributed by atoms with E-state index in [1.165, 1.54) is 0 Å². The summed E-state index contributed by atoms with van der Waals surface area (Å²) in [4.78, 5) is 10.3. The molecule has 1 saturated carbocycles. The van der Waals surface area contributed by atoms with E-state index in [2.05, 4.69) is 0 Å². The Morgan fingerprint density at radius 3 is 2.32 bits per heavy atom. The third kappa shape index (κ3) is 1.91. The molecule has 5 nitrogen and oxygen atoms in total. The Morgan fingerprint density at radius 1 is 1.32 bits per heavy atom. The first-order valence-electron chi connectivity index (χ1n) is 5.32.